The predicted molar refractivity (Wildman–Crippen MR) is 92.8 cm³/mol. The minimum Gasteiger partial charge on any atom is -0.497 e. The molecule has 7 heteroatoms. The first-order valence-electron chi connectivity index (χ1n) is 7.96. The fourth-order valence-electron chi connectivity index (χ4n) is 2.58. The van der Waals surface area contributed by atoms with Crippen LogP contribution in [0.25, 0.3) is 0 Å². The highest BCUT2D eigenvalue weighted by atomic mass is 32.2. The SMILES string of the molecule is COc1ccc(OCCCC(=O)N2CCSCC2CC(=O)O)cc1. The van der Waals surface area contributed by atoms with E-state index in [1.54, 1.807) is 23.8 Å². The maximum Gasteiger partial charge on any atom is 0.305 e. The minimum absolute atomic E-state index is 0.0138. The number of carboxylic acid groups (broad SMARTS) is 1. The fraction of sp³-hybridized carbons (Fsp3) is 0.529. The Balaban J connectivity index is 1.73. The molecule has 0 aliphatic carbocycles. The number of nitrogens with zero attached hydrogens (tertiary/aromatic N) is 1. The number of carbonyl (C=O) groups excluding carboxylic acids is 1. The van der Waals surface area contributed by atoms with Gasteiger partial charge < -0.3 is 19.5 Å². The topological polar surface area (TPSA) is 76.1 Å². The van der Waals surface area contributed by atoms with Crippen LogP contribution in [0.2, 0.25) is 0 Å². The van der Waals surface area contributed by atoms with Crippen molar-refractivity contribution in [2.45, 2.75) is 25.3 Å². The molecule has 1 fully saturated rings. The number of hydrogen-bond donors (Lipinski definition) is 1. The first-order chi connectivity index (χ1) is 11.6. The van der Waals surface area contributed by atoms with Gasteiger partial charge in [0, 0.05) is 24.5 Å². The Kier molecular flexibility index (Phi) is 7.24. The van der Waals surface area contributed by atoms with Gasteiger partial charge in [-0.3, -0.25) is 9.59 Å². The van der Waals surface area contributed by atoms with Crippen molar-refractivity contribution < 1.29 is 24.2 Å². The second-order valence-corrected chi connectivity index (χ2v) is 6.69. The van der Waals surface area contributed by atoms with Crippen LogP contribution in [0.4, 0.5) is 0 Å². The molecule has 1 aromatic carbocycles. The summed E-state index contributed by atoms with van der Waals surface area (Å²) in [7, 11) is 1.61. The number of aliphatic carboxylic acids is 1. The zero-order valence-corrected chi connectivity index (χ0v) is 14.6. The third-order valence-electron chi connectivity index (χ3n) is 3.82. The van der Waals surface area contributed by atoms with Gasteiger partial charge in [-0.25, -0.2) is 0 Å². The zero-order valence-electron chi connectivity index (χ0n) is 13.8. The van der Waals surface area contributed by atoms with Crippen LogP contribution in [0.5, 0.6) is 11.5 Å². The predicted octanol–water partition coefficient (Wildman–Crippen LogP) is 2.27. The summed E-state index contributed by atoms with van der Waals surface area (Å²) in [6.45, 7) is 1.07. The minimum atomic E-state index is -0.858. The number of ether oxygens (including phenoxy) is 2. The van der Waals surface area contributed by atoms with E-state index in [0.29, 0.717) is 31.7 Å². The van der Waals surface area contributed by atoms with E-state index in [2.05, 4.69) is 0 Å². The lowest BCUT2D eigenvalue weighted by Crippen LogP contribution is -2.47. The number of hydrogen-bond acceptors (Lipinski definition) is 5. The van der Waals surface area contributed by atoms with Crippen molar-refractivity contribution in [1.82, 2.24) is 4.90 Å². The Bertz CT molecular complexity index is 548. The molecule has 0 spiro atoms. The van der Waals surface area contributed by atoms with Crippen molar-refractivity contribution in [3.05, 3.63) is 24.3 Å². The van der Waals surface area contributed by atoms with Crippen molar-refractivity contribution in [2.24, 2.45) is 0 Å². The molecule has 24 heavy (non-hydrogen) atoms. The molecule has 132 valence electrons. The molecule has 0 bridgehead atoms. The molecule has 1 N–H and O–H groups in total. The van der Waals surface area contributed by atoms with Crippen LogP contribution in [0.1, 0.15) is 19.3 Å². The number of rotatable bonds is 8. The van der Waals surface area contributed by atoms with Gasteiger partial charge >= 0.3 is 5.97 Å². The maximum absolute atomic E-state index is 12.3. The lowest BCUT2D eigenvalue weighted by atomic mass is 10.1. The van der Waals surface area contributed by atoms with E-state index < -0.39 is 5.97 Å². The highest BCUT2D eigenvalue weighted by Gasteiger charge is 2.28. The molecule has 1 saturated heterocycles. The highest BCUT2D eigenvalue weighted by Crippen LogP contribution is 2.21. The van der Waals surface area contributed by atoms with Crippen LogP contribution < -0.4 is 9.47 Å². The lowest BCUT2D eigenvalue weighted by molar-refractivity contribution is -0.140. The van der Waals surface area contributed by atoms with E-state index in [1.807, 2.05) is 24.3 Å². The Morgan fingerprint density at radius 3 is 2.67 bits per heavy atom. The summed E-state index contributed by atoms with van der Waals surface area (Å²) in [6.07, 6.45) is 0.992. The van der Waals surface area contributed by atoms with E-state index in [-0.39, 0.29) is 18.4 Å². The Hall–Kier alpha value is -1.89. The van der Waals surface area contributed by atoms with Gasteiger partial charge in [0.2, 0.25) is 5.91 Å². The lowest BCUT2D eigenvalue weighted by Gasteiger charge is -2.34. The fourth-order valence-corrected chi connectivity index (χ4v) is 3.65. The van der Waals surface area contributed by atoms with Gasteiger partial charge in [-0.15, -0.1) is 0 Å². The van der Waals surface area contributed by atoms with Gasteiger partial charge in [0.1, 0.15) is 11.5 Å². The first kappa shape index (κ1) is 18.4. The van der Waals surface area contributed by atoms with E-state index in [9.17, 15) is 9.59 Å². The zero-order chi connectivity index (χ0) is 17.4. The van der Waals surface area contributed by atoms with Crippen LogP contribution in [0.15, 0.2) is 24.3 Å². The second-order valence-electron chi connectivity index (χ2n) is 5.54. The molecule has 1 aliphatic heterocycles. The van der Waals surface area contributed by atoms with Crippen molar-refractivity contribution in [2.75, 3.05) is 31.8 Å². The summed E-state index contributed by atoms with van der Waals surface area (Å²) in [5, 5.41) is 8.97. The molecule has 0 aromatic heterocycles. The summed E-state index contributed by atoms with van der Waals surface area (Å²) >= 11 is 1.70. The van der Waals surface area contributed by atoms with Crippen LogP contribution in [0.3, 0.4) is 0 Å². The Morgan fingerprint density at radius 2 is 2.00 bits per heavy atom. The summed E-state index contributed by atoms with van der Waals surface area (Å²) in [4.78, 5) is 25.0. The summed E-state index contributed by atoms with van der Waals surface area (Å²) in [6, 6.07) is 7.10. The third-order valence-corrected chi connectivity index (χ3v) is 4.91. The average molecular weight is 353 g/mol. The summed E-state index contributed by atoms with van der Waals surface area (Å²) < 4.78 is 10.7. The number of amides is 1. The third kappa shape index (κ3) is 5.63. The summed E-state index contributed by atoms with van der Waals surface area (Å²) in [5.74, 6) is 2.22. The monoisotopic (exact) mass is 353 g/mol. The van der Waals surface area contributed by atoms with E-state index in [4.69, 9.17) is 14.6 Å². The van der Waals surface area contributed by atoms with Gasteiger partial charge in [0.15, 0.2) is 0 Å². The largest absolute Gasteiger partial charge is 0.497 e. The normalized spacial score (nSPS) is 17.4. The molecular weight excluding hydrogens is 330 g/mol. The number of carbonyl (C=O) groups is 2. The number of benzene rings is 1. The molecule has 1 aromatic rings. The van der Waals surface area contributed by atoms with Crippen molar-refractivity contribution in [3.63, 3.8) is 0 Å². The van der Waals surface area contributed by atoms with Gasteiger partial charge in [0.05, 0.1) is 26.2 Å². The van der Waals surface area contributed by atoms with E-state index in [0.717, 1.165) is 17.3 Å². The number of methoxy groups -OCH3 is 1. The Morgan fingerprint density at radius 1 is 1.29 bits per heavy atom. The van der Waals surface area contributed by atoms with Crippen LogP contribution >= 0.6 is 11.8 Å². The number of thioether (sulfide) groups is 1. The molecule has 6 nitrogen and oxygen atoms in total. The van der Waals surface area contributed by atoms with Gasteiger partial charge in [-0.05, 0) is 30.7 Å². The van der Waals surface area contributed by atoms with Crippen LogP contribution in [-0.2, 0) is 9.59 Å². The smallest absolute Gasteiger partial charge is 0.305 e. The molecule has 0 radical (unpaired) electrons. The molecule has 1 atom stereocenters. The van der Waals surface area contributed by atoms with E-state index in [1.165, 1.54) is 0 Å². The quantitative estimate of drug-likeness (QED) is 0.723. The van der Waals surface area contributed by atoms with Gasteiger partial charge in [-0.2, -0.15) is 11.8 Å². The molecule has 2 rings (SSSR count). The van der Waals surface area contributed by atoms with Gasteiger partial charge in [-0.1, -0.05) is 0 Å². The Labute approximate surface area is 146 Å². The standard InChI is InChI=1S/C17H23NO5S/c1-22-14-4-6-15(7-5-14)23-9-2-3-16(19)18-8-10-24-12-13(18)11-17(20)21/h4-7,13H,2-3,8-12H2,1H3,(H,20,21). The van der Waals surface area contributed by atoms with Crippen molar-refractivity contribution >= 4 is 23.6 Å². The molecule has 1 heterocycles. The van der Waals surface area contributed by atoms with Crippen LogP contribution in [-0.4, -0.2) is 59.7 Å². The van der Waals surface area contributed by atoms with Gasteiger partial charge in [0.25, 0.3) is 0 Å². The summed E-state index contributed by atoms with van der Waals surface area (Å²) in [5.41, 5.74) is 0. The average Bonchev–Trinajstić information content (AvgIpc) is 2.59. The maximum atomic E-state index is 12.3. The molecule has 1 amide bonds. The first-order valence-corrected chi connectivity index (χ1v) is 9.11. The molecule has 0 saturated carbocycles. The van der Waals surface area contributed by atoms with Crippen molar-refractivity contribution in [1.29, 1.82) is 0 Å². The highest BCUT2D eigenvalue weighted by molar-refractivity contribution is 7.99. The van der Waals surface area contributed by atoms with E-state index >= 15 is 0 Å². The molecule has 1 unspecified atom stereocenters. The molecular formula is C17H23NO5S. The number of carboxylic acids is 1. The van der Waals surface area contributed by atoms with Crippen LogP contribution in [0, 0.1) is 0 Å². The van der Waals surface area contributed by atoms with Crippen molar-refractivity contribution in [3.8, 4) is 11.5 Å². The second kappa shape index (κ2) is 9.42. The molecule has 1 aliphatic rings.